The summed E-state index contributed by atoms with van der Waals surface area (Å²) in [6, 6.07) is 7.82. The van der Waals surface area contributed by atoms with Crippen LogP contribution in [0, 0.1) is 11.8 Å². The number of aromatic nitrogens is 2. The van der Waals surface area contributed by atoms with Crippen molar-refractivity contribution in [2.45, 2.75) is 64.5 Å². The molecule has 1 aromatic heterocycles. The first-order valence-corrected chi connectivity index (χ1v) is 13.7. The molecule has 200 valence electrons. The molecule has 2 amide bonds. The van der Waals surface area contributed by atoms with Crippen LogP contribution in [0.2, 0.25) is 5.02 Å². The Morgan fingerprint density at radius 3 is 2.51 bits per heavy atom. The Hall–Kier alpha value is -2.71. The summed E-state index contributed by atoms with van der Waals surface area (Å²) in [5.74, 6) is 0.812. The van der Waals surface area contributed by atoms with Gasteiger partial charge in [-0.15, -0.1) is 0 Å². The van der Waals surface area contributed by atoms with E-state index in [0.29, 0.717) is 23.0 Å². The van der Waals surface area contributed by atoms with Gasteiger partial charge in [-0.25, -0.2) is 9.97 Å². The van der Waals surface area contributed by atoms with Crippen LogP contribution in [0.1, 0.15) is 62.0 Å². The van der Waals surface area contributed by atoms with Crippen molar-refractivity contribution >= 4 is 35.1 Å². The topological polar surface area (TPSA) is 90.5 Å². The zero-order valence-electron chi connectivity index (χ0n) is 22.3. The molecule has 2 heterocycles. The Kier molecular flexibility index (Phi) is 9.03. The van der Waals surface area contributed by atoms with Crippen LogP contribution in [0.3, 0.4) is 0 Å². The standard InChI is InChI=1S/C28H39ClN6O2/c1-18(2)31-26(36)23-7-5-6-20(23)16-25-24(29)17-30-28(33-25)32-21-10-8-19(9-11-21)27(37)35(4)22-12-14-34(3)15-13-22/h8-11,17-18,20,22-23H,5-7,12-16H2,1-4H3,(H,31,36)(H,30,32,33)/t20-,23-/m0/s1. The fraction of sp³-hybridized carbons (Fsp3) is 0.571. The fourth-order valence-electron chi connectivity index (χ4n) is 5.45. The maximum Gasteiger partial charge on any atom is 0.253 e. The zero-order chi connectivity index (χ0) is 26.5. The summed E-state index contributed by atoms with van der Waals surface area (Å²) < 4.78 is 0. The predicted molar refractivity (Wildman–Crippen MR) is 147 cm³/mol. The van der Waals surface area contributed by atoms with Crippen molar-refractivity contribution in [3.05, 3.63) is 46.7 Å². The second-order valence-corrected chi connectivity index (χ2v) is 11.2. The van der Waals surface area contributed by atoms with E-state index in [1.54, 1.807) is 6.20 Å². The van der Waals surface area contributed by atoms with Crippen LogP contribution in [-0.2, 0) is 11.2 Å². The normalized spacial score (nSPS) is 20.7. The maximum atomic E-state index is 13.0. The zero-order valence-corrected chi connectivity index (χ0v) is 23.1. The summed E-state index contributed by atoms with van der Waals surface area (Å²) >= 11 is 6.45. The molecular weight excluding hydrogens is 488 g/mol. The van der Waals surface area contributed by atoms with Crippen molar-refractivity contribution in [3.8, 4) is 0 Å². The van der Waals surface area contributed by atoms with Crippen LogP contribution >= 0.6 is 11.6 Å². The molecule has 2 aromatic rings. The average Bonchev–Trinajstić information content (AvgIpc) is 3.34. The predicted octanol–water partition coefficient (Wildman–Crippen LogP) is 4.52. The van der Waals surface area contributed by atoms with Gasteiger partial charge in [-0.3, -0.25) is 9.59 Å². The van der Waals surface area contributed by atoms with Crippen LogP contribution < -0.4 is 10.6 Å². The molecule has 0 spiro atoms. The van der Waals surface area contributed by atoms with Crippen molar-refractivity contribution in [1.82, 2.24) is 25.1 Å². The molecule has 1 saturated carbocycles. The fourth-order valence-corrected chi connectivity index (χ4v) is 5.62. The highest BCUT2D eigenvalue weighted by atomic mass is 35.5. The van der Waals surface area contributed by atoms with Crippen LogP contribution in [0.15, 0.2) is 30.5 Å². The largest absolute Gasteiger partial charge is 0.354 e. The molecule has 1 aliphatic carbocycles. The number of anilines is 2. The maximum absolute atomic E-state index is 13.0. The minimum absolute atomic E-state index is 0.0115. The Labute approximate surface area is 225 Å². The molecule has 4 rings (SSSR count). The number of benzene rings is 1. The van der Waals surface area contributed by atoms with Gasteiger partial charge in [0.2, 0.25) is 11.9 Å². The second kappa shape index (κ2) is 12.2. The summed E-state index contributed by atoms with van der Waals surface area (Å²) in [6.07, 6.45) is 7.17. The quantitative estimate of drug-likeness (QED) is 0.525. The number of nitrogens with zero attached hydrogens (tertiary/aromatic N) is 4. The van der Waals surface area contributed by atoms with Gasteiger partial charge in [0.15, 0.2) is 0 Å². The lowest BCUT2D eigenvalue weighted by Gasteiger charge is -2.35. The van der Waals surface area contributed by atoms with Gasteiger partial charge >= 0.3 is 0 Å². The molecule has 2 atom stereocenters. The summed E-state index contributed by atoms with van der Waals surface area (Å²) in [4.78, 5) is 38.8. The van der Waals surface area contributed by atoms with Crippen molar-refractivity contribution in [1.29, 1.82) is 0 Å². The second-order valence-electron chi connectivity index (χ2n) is 10.8. The Morgan fingerprint density at radius 1 is 1.14 bits per heavy atom. The summed E-state index contributed by atoms with van der Waals surface area (Å²) in [6.45, 7) is 6.00. The lowest BCUT2D eigenvalue weighted by atomic mass is 9.90. The van der Waals surface area contributed by atoms with Gasteiger partial charge in [0.1, 0.15) is 0 Å². The molecule has 37 heavy (non-hydrogen) atoms. The highest BCUT2D eigenvalue weighted by Crippen LogP contribution is 2.35. The van der Waals surface area contributed by atoms with E-state index in [4.69, 9.17) is 11.6 Å². The lowest BCUT2D eigenvalue weighted by Crippen LogP contribution is -2.44. The van der Waals surface area contributed by atoms with Gasteiger partial charge in [0, 0.05) is 36.3 Å². The third-order valence-corrected chi connectivity index (χ3v) is 7.96. The highest BCUT2D eigenvalue weighted by Gasteiger charge is 2.34. The monoisotopic (exact) mass is 526 g/mol. The highest BCUT2D eigenvalue weighted by molar-refractivity contribution is 6.31. The molecular formula is C28H39ClN6O2. The first-order valence-electron chi connectivity index (χ1n) is 13.4. The number of piperidine rings is 1. The van der Waals surface area contributed by atoms with E-state index in [1.807, 2.05) is 50.1 Å². The summed E-state index contributed by atoms with van der Waals surface area (Å²) in [5, 5.41) is 6.79. The number of carbonyl (C=O) groups excluding carboxylic acids is 2. The van der Waals surface area contributed by atoms with Crippen LogP contribution in [0.4, 0.5) is 11.6 Å². The van der Waals surface area contributed by atoms with Gasteiger partial charge in [-0.1, -0.05) is 18.0 Å². The Morgan fingerprint density at radius 2 is 1.84 bits per heavy atom. The number of carbonyl (C=O) groups is 2. The van der Waals surface area contributed by atoms with E-state index >= 15 is 0 Å². The molecule has 0 radical (unpaired) electrons. The number of likely N-dealkylation sites (tertiary alicyclic amines) is 1. The van der Waals surface area contributed by atoms with Gasteiger partial charge in [0.25, 0.3) is 5.91 Å². The van der Waals surface area contributed by atoms with E-state index < -0.39 is 0 Å². The third kappa shape index (κ3) is 6.99. The van der Waals surface area contributed by atoms with Crippen LogP contribution in [0.5, 0.6) is 0 Å². The molecule has 1 saturated heterocycles. The minimum Gasteiger partial charge on any atom is -0.354 e. The van der Waals surface area contributed by atoms with Crippen molar-refractivity contribution in [2.75, 3.05) is 32.5 Å². The molecule has 8 nitrogen and oxygen atoms in total. The molecule has 1 aliphatic heterocycles. The molecule has 1 aromatic carbocycles. The smallest absolute Gasteiger partial charge is 0.253 e. The average molecular weight is 527 g/mol. The Balaban J connectivity index is 1.39. The molecule has 0 unspecified atom stereocenters. The number of hydrogen-bond donors (Lipinski definition) is 2. The molecule has 2 aliphatic rings. The third-order valence-electron chi connectivity index (χ3n) is 7.64. The van der Waals surface area contributed by atoms with Gasteiger partial charge in [0.05, 0.1) is 16.9 Å². The van der Waals surface area contributed by atoms with Gasteiger partial charge < -0.3 is 20.4 Å². The summed E-state index contributed by atoms with van der Waals surface area (Å²) in [5.41, 5.74) is 2.21. The van der Waals surface area contributed by atoms with Crippen LogP contribution in [-0.4, -0.2) is 70.9 Å². The first-order chi connectivity index (χ1) is 17.7. The minimum atomic E-state index is -0.0115. The Bertz CT molecular complexity index is 1080. The van der Waals surface area contributed by atoms with Crippen LogP contribution in [0.25, 0.3) is 0 Å². The molecule has 2 N–H and O–H groups in total. The number of amides is 2. The van der Waals surface area contributed by atoms with Crippen molar-refractivity contribution in [2.24, 2.45) is 11.8 Å². The van der Waals surface area contributed by atoms with E-state index in [-0.39, 0.29) is 35.7 Å². The molecule has 2 fully saturated rings. The van der Waals surface area contributed by atoms with Crippen molar-refractivity contribution < 1.29 is 9.59 Å². The number of rotatable bonds is 8. The first kappa shape index (κ1) is 27.3. The van der Waals surface area contributed by atoms with E-state index in [0.717, 1.165) is 56.6 Å². The van der Waals surface area contributed by atoms with Gasteiger partial charge in [-0.2, -0.15) is 0 Å². The van der Waals surface area contributed by atoms with E-state index in [1.165, 1.54) is 0 Å². The SMILES string of the molecule is CC(C)NC(=O)[C@H]1CCC[C@H]1Cc1nc(Nc2ccc(C(=O)N(C)C3CCN(C)CC3)cc2)ncc1Cl. The molecule has 0 bridgehead atoms. The number of nitrogens with one attached hydrogen (secondary N) is 2. The van der Waals surface area contributed by atoms with E-state index in [2.05, 4.69) is 32.5 Å². The van der Waals surface area contributed by atoms with Gasteiger partial charge in [-0.05, 0) is 96.3 Å². The van der Waals surface area contributed by atoms with E-state index in [9.17, 15) is 9.59 Å². The van der Waals surface area contributed by atoms with Crippen molar-refractivity contribution in [3.63, 3.8) is 0 Å². The number of halogens is 1. The lowest BCUT2D eigenvalue weighted by molar-refractivity contribution is -0.126. The summed E-state index contributed by atoms with van der Waals surface area (Å²) in [7, 11) is 4.02. The molecule has 9 heteroatoms. The number of hydrogen-bond acceptors (Lipinski definition) is 6.